The number of anilines is 1. The van der Waals surface area contributed by atoms with Gasteiger partial charge >= 0.3 is 0 Å². The maximum absolute atomic E-state index is 13.6. The fourth-order valence-electron chi connectivity index (χ4n) is 2.42. The van der Waals surface area contributed by atoms with E-state index in [1.54, 1.807) is 7.11 Å². The fraction of sp³-hybridized carbons (Fsp3) is 0.538. The van der Waals surface area contributed by atoms with Crippen molar-refractivity contribution in [3.05, 3.63) is 28.1 Å². The van der Waals surface area contributed by atoms with Gasteiger partial charge in [0.05, 0.1) is 24.2 Å². The van der Waals surface area contributed by atoms with E-state index in [1.165, 1.54) is 13.2 Å². The largest absolute Gasteiger partial charge is 0.494 e. The first kappa shape index (κ1) is 14.5. The quantitative estimate of drug-likeness (QED) is 0.627. The third kappa shape index (κ3) is 2.82. The van der Waals surface area contributed by atoms with Gasteiger partial charge in [-0.15, -0.1) is 0 Å². The molecule has 0 bridgehead atoms. The second kappa shape index (κ2) is 6.04. The normalized spacial score (nSPS) is 16.2. The van der Waals surface area contributed by atoms with E-state index >= 15 is 0 Å². The van der Waals surface area contributed by atoms with E-state index in [1.807, 2.05) is 4.90 Å². The molecule has 7 heteroatoms. The predicted molar refractivity (Wildman–Crippen MR) is 71.9 cm³/mol. The third-order valence-corrected chi connectivity index (χ3v) is 3.56. The van der Waals surface area contributed by atoms with E-state index < -0.39 is 10.7 Å². The molecule has 1 heterocycles. The molecule has 0 spiro atoms. The minimum Gasteiger partial charge on any atom is -0.494 e. The van der Waals surface area contributed by atoms with Crippen LogP contribution >= 0.6 is 0 Å². The number of benzene rings is 1. The molecule has 0 aromatic heterocycles. The molecule has 1 saturated heterocycles. The Morgan fingerprint density at radius 1 is 1.35 bits per heavy atom. The number of ether oxygens (including phenoxy) is 2. The highest BCUT2D eigenvalue weighted by atomic mass is 19.1. The van der Waals surface area contributed by atoms with Gasteiger partial charge in [-0.2, -0.15) is 0 Å². The van der Waals surface area contributed by atoms with E-state index in [4.69, 9.17) is 9.47 Å². The van der Waals surface area contributed by atoms with Crippen molar-refractivity contribution < 1.29 is 18.8 Å². The molecule has 0 unspecified atom stereocenters. The second-order valence-corrected chi connectivity index (χ2v) is 4.65. The maximum atomic E-state index is 13.6. The molecule has 0 amide bonds. The van der Waals surface area contributed by atoms with Crippen LogP contribution in [0.5, 0.6) is 5.75 Å². The average molecular weight is 284 g/mol. The number of halogens is 1. The molecule has 1 aromatic rings. The number of hydrogen-bond donors (Lipinski definition) is 0. The summed E-state index contributed by atoms with van der Waals surface area (Å²) in [7, 11) is 2.99. The van der Waals surface area contributed by atoms with E-state index in [2.05, 4.69) is 0 Å². The highest BCUT2D eigenvalue weighted by Crippen LogP contribution is 2.35. The third-order valence-electron chi connectivity index (χ3n) is 3.56. The Balaban J connectivity index is 2.32. The molecule has 1 aromatic carbocycles. The summed E-state index contributed by atoms with van der Waals surface area (Å²) < 4.78 is 23.8. The summed E-state index contributed by atoms with van der Waals surface area (Å²) in [5.74, 6) is -0.714. The van der Waals surface area contributed by atoms with Crippen molar-refractivity contribution in [1.29, 1.82) is 0 Å². The molecule has 0 saturated carbocycles. The Kier molecular flexibility index (Phi) is 4.39. The number of methoxy groups -OCH3 is 2. The molecule has 0 aliphatic carbocycles. The molecule has 0 atom stereocenters. The van der Waals surface area contributed by atoms with Crippen LogP contribution in [-0.2, 0) is 4.74 Å². The Morgan fingerprint density at radius 2 is 2.00 bits per heavy atom. The van der Waals surface area contributed by atoms with Crippen molar-refractivity contribution in [3.63, 3.8) is 0 Å². The van der Waals surface area contributed by atoms with Gasteiger partial charge < -0.3 is 14.4 Å². The highest BCUT2D eigenvalue weighted by molar-refractivity contribution is 5.66. The molecule has 110 valence electrons. The fourth-order valence-corrected chi connectivity index (χ4v) is 2.42. The number of nitrogens with zero attached hydrogens (tertiary/aromatic N) is 2. The molecule has 2 rings (SSSR count). The summed E-state index contributed by atoms with van der Waals surface area (Å²) in [5, 5.41) is 11.1. The van der Waals surface area contributed by atoms with Crippen LogP contribution in [0.2, 0.25) is 0 Å². The first-order valence-electron chi connectivity index (χ1n) is 6.36. The monoisotopic (exact) mass is 284 g/mol. The van der Waals surface area contributed by atoms with Gasteiger partial charge in [0.1, 0.15) is 5.69 Å². The highest BCUT2D eigenvalue weighted by Gasteiger charge is 2.27. The number of nitro groups is 1. The van der Waals surface area contributed by atoms with Crippen molar-refractivity contribution in [2.45, 2.75) is 18.9 Å². The van der Waals surface area contributed by atoms with Gasteiger partial charge in [0, 0.05) is 26.3 Å². The molecular formula is C13H17FN2O4. The molecule has 0 N–H and O–H groups in total. The Hall–Kier alpha value is -1.89. The van der Waals surface area contributed by atoms with Crippen molar-refractivity contribution in [1.82, 2.24) is 0 Å². The zero-order valence-electron chi connectivity index (χ0n) is 11.5. The van der Waals surface area contributed by atoms with Crippen LogP contribution in [-0.4, -0.2) is 38.3 Å². The van der Waals surface area contributed by atoms with E-state index in [0.29, 0.717) is 18.8 Å². The molecule has 1 aliphatic rings. The van der Waals surface area contributed by atoms with Crippen molar-refractivity contribution >= 4 is 11.4 Å². The number of hydrogen-bond acceptors (Lipinski definition) is 5. The standard InChI is InChI=1S/C13H17FN2O4/c1-19-9-3-5-15(6-4-9)11-8-13(20-2)10(14)7-12(11)16(17)18/h7-9H,3-6H2,1-2H3. The van der Waals surface area contributed by atoms with Gasteiger partial charge in [0.2, 0.25) is 0 Å². The van der Waals surface area contributed by atoms with Crippen LogP contribution in [0.1, 0.15) is 12.8 Å². The lowest BCUT2D eigenvalue weighted by atomic mass is 10.1. The Morgan fingerprint density at radius 3 is 2.50 bits per heavy atom. The lowest BCUT2D eigenvalue weighted by Crippen LogP contribution is -2.37. The van der Waals surface area contributed by atoms with Crippen LogP contribution in [0.25, 0.3) is 0 Å². The molecule has 1 fully saturated rings. The van der Waals surface area contributed by atoms with E-state index in [-0.39, 0.29) is 17.5 Å². The van der Waals surface area contributed by atoms with Gasteiger partial charge in [-0.05, 0) is 12.8 Å². The summed E-state index contributed by atoms with van der Waals surface area (Å²) in [6.07, 6.45) is 1.74. The summed E-state index contributed by atoms with van der Waals surface area (Å²) in [4.78, 5) is 12.4. The lowest BCUT2D eigenvalue weighted by molar-refractivity contribution is -0.384. The zero-order valence-corrected chi connectivity index (χ0v) is 11.5. The Bertz CT molecular complexity index is 501. The second-order valence-electron chi connectivity index (χ2n) is 4.65. The van der Waals surface area contributed by atoms with Crippen molar-refractivity contribution in [3.8, 4) is 5.75 Å². The Labute approximate surface area is 116 Å². The summed E-state index contributed by atoms with van der Waals surface area (Å²) in [6, 6.07) is 2.30. The minimum absolute atomic E-state index is 0.0134. The van der Waals surface area contributed by atoms with Crippen LogP contribution in [0.4, 0.5) is 15.8 Å². The molecular weight excluding hydrogens is 267 g/mol. The summed E-state index contributed by atoms with van der Waals surface area (Å²) in [5.41, 5.74) is 0.155. The van der Waals surface area contributed by atoms with Crippen molar-refractivity contribution in [2.75, 3.05) is 32.2 Å². The molecule has 20 heavy (non-hydrogen) atoms. The predicted octanol–water partition coefficient (Wildman–Crippen LogP) is 2.36. The molecule has 0 radical (unpaired) electrons. The zero-order chi connectivity index (χ0) is 14.7. The van der Waals surface area contributed by atoms with Gasteiger partial charge in [-0.25, -0.2) is 4.39 Å². The van der Waals surface area contributed by atoms with Gasteiger partial charge in [-0.3, -0.25) is 10.1 Å². The first-order valence-corrected chi connectivity index (χ1v) is 6.36. The number of rotatable bonds is 4. The van der Waals surface area contributed by atoms with Crippen LogP contribution in [0, 0.1) is 15.9 Å². The first-order chi connectivity index (χ1) is 9.56. The van der Waals surface area contributed by atoms with Crippen molar-refractivity contribution in [2.24, 2.45) is 0 Å². The van der Waals surface area contributed by atoms with Gasteiger partial charge in [-0.1, -0.05) is 0 Å². The number of nitro benzene ring substituents is 1. The van der Waals surface area contributed by atoms with Gasteiger partial charge in [0.15, 0.2) is 11.6 Å². The van der Waals surface area contributed by atoms with E-state index in [0.717, 1.165) is 18.9 Å². The minimum atomic E-state index is -0.727. The topological polar surface area (TPSA) is 64.8 Å². The molecule has 6 nitrogen and oxygen atoms in total. The summed E-state index contributed by atoms with van der Waals surface area (Å²) in [6.45, 7) is 1.27. The van der Waals surface area contributed by atoms with Crippen LogP contribution in [0.15, 0.2) is 12.1 Å². The number of piperidine rings is 1. The van der Waals surface area contributed by atoms with Crippen LogP contribution < -0.4 is 9.64 Å². The summed E-state index contributed by atoms with van der Waals surface area (Å²) >= 11 is 0. The average Bonchev–Trinajstić information content (AvgIpc) is 2.47. The van der Waals surface area contributed by atoms with E-state index in [9.17, 15) is 14.5 Å². The van der Waals surface area contributed by atoms with Gasteiger partial charge in [0.25, 0.3) is 5.69 Å². The smallest absolute Gasteiger partial charge is 0.295 e. The van der Waals surface area contributed by atoms with Crippen LogP contribution in [0.3, 0.4) is 0 Å². The molecule has 1 aliphatic heterocycles. The lowest BCUT2D eigenvalue weighted by Gasteiger charge is -2.32. The SMILES string of the molecule is COc1cc(N2CCC(OC)CC2)c([N+](=O)[O-])cc1F. The maximum Gasteiger partial charge on any atom is 0.295 e.